The molecule has 2 aliphatic rings. The lowest BCUT2D eigenvalue weighted by molar-refractivity contribution is 0.0719. The van der Waals surface area contributed by atoms with Gasteiger partial charge in [-0.2, -0.15) is 0 Å². The quantitative estimate of drug-likeness (QED) is 0.882. The Morgan fingerprint density at radius 1 is 1.25 bits per heavy atom. The summed E-state index contributed by atoms with van der Waals surface area (Å²) in [6, 6.07) is 5.91. The summed E-state index contributed by atoms with van der Waals surface area (Å²) >= 11 is 1.40. The minimum atomic E-state index is 0. The van der Waals surface area contributed by atoms with Crippen LogP contribution >= 0.6 is 23.7 Å². The van der Waals surface area contributed by atoms with E-state index in [-0.39, 0.29) is 31.1 Å². The summed E-state index contributed by atoms with van der Waals surface area (Å²) < 4.78 is 10.7. The number of rotatable bonds is 2. The van der Waals surface area contributed by atoms with Gasteiger partial charge < -0.3 is 20.1 Å². The van der Waals surface area contributed by atoms with Crippen LogP contribution in [0.15, 0.2) is 24.4 Å². The molecule has 2 aliphatic heterocycles. The minimum Gasteiger partial charge on any atom is -0.454 e. The molecule has 0 bridgehead atoms. The third-order valence-corrected chi connectivity index (χ3v) is 5.20. The monoisotopic (exact) mass is 367 g/mol. The van der Waals surface area contributed by atoms with Gasteiger partial charge >= 0.3 is 0 Å². The zero-order valence-electron chi connectivity index (χ0n) is 12.9. The highest BCUT2D eigenvalue weighted by atomic mass is 35.5. The highest BCUT2D eigenvalue weighted by Gasteiger charge is 2.24. The molecule has 1 amide bonds. The lowest BCUT2D eigenvalue weighted by atomic mass is 10.1. The molecule has 0 unspecified atom stereocenters. The molecular weight excluding hydrogens is 350 g/mol. The van der Waals surface area contributed by atoms with Crippen LogP contribution in [0.1, 0.15) is 22.5 Å². The summed E-state index contributed by atoms with van der Waals surface area (Å²) in [6.07, 6.45) is 3.38. The molecule has 24 heavy (non-hydrogen) atoms. The van der Waals surface area contributed by atoms with Crippen molar-refractivity contribution in [1.82, 2.24) is 9.88 Å². The molecule has 0 spiro atoms. The standard InChI is InChI=1S/C16H17N3O3S.ClH/c17-11-3-5-19(6-4-11)16(20)14-8-18-15(23-14)10-1-2-12-13(7-10)22-9-21-12;/h1-2,7-8,11H,3-6,9,17H2;1H. The first-order valence-corrected chi connectivity index (χ1v) is 8.43. The van der Waals surface area contributed by atoms with E-state index in [2.05, 4.69) is 4.98 Å². The number of amides is 1. The van der Waals surface area contributed by atoms with Crippen molar-refractivity contribution in [2.24, 2.45) is 5.73 Å². The lowest BCUT2D eigenvalue weighted by Gasteiger charge is -2.29. The number of piperidine rings is 1. The van der Waals surface area contributed by atoms with Crippen LogP contribution in [0, 0.1) is 0 Å². The zero-order valence-corrected chi connectivity index (χ0v) is 14.6. The van der Waals surface area contributed by atoms with Crippen molar-refractivity contribution < 1.29 is 14.3 Å². The van der Waals surface area contributed by atoms with Crippen molar-refractivity contribution in [2.45, 2.75) is 18.9 Å². The lowest BCUT2D eigenvalue weighted by Crippen LogP contribution is -2.42. The van der Waals surface area contributed by atoms with Crippen molar-refractivity contribution >= 4 is 29.7 Å². The maximum atomic E-state index is 12.5. The number of carbonyl (C=O) groups excluding carboxylic acids is 1. The van der Waals surface area contributed by atoms with E-state index in [1.165, 1.54) is 11.3 Å². The molecule has 2 aromatic rings. The molecule has 8 heteroatoms. The summed E-state index contributed by atoms with van der Waals surface area (Å²) in [5.41, 5.74) is 6.82. The molecule has 0 radical (unpaired) electrons. The van der Waals surface area contributed by atoms with Gasteiger partial charge in [0.2, 0.25) is 6.79 Å². The fraction of sp³-hybridized carbons (Fsp3) is 0.375. The van der Waals surface area contributed by atoms with Gasteiger partial charge in [-0.15, -0.1) is 23.7 Å². The first-order chi connectivity index (χ1) is 11.2. The van der Waals surface area contributed by atoms with Crippen molar-refractivity contribution in [3.05, 3.63) is 29.3 Å². The maximum absolute atomic E-state index is 12.5. The molecule has 1 aromatic heterocycles. The molecule has 3 heterocycles. The zero-order chi connectivity index (χ0) is 15.8. The number of hydrogen-bond acceptors (Lipinski definition) is 6. The average Bonchev–Trinajstić information content (AvgIpc) is 3.23. The molecular formula is C16H18ClN3O3S. The highest BCUT2D eigenvalue weighted by molar-refractivity contribution is 7.16. The summed E-state index contributed by atoms with van der Waals surface area (Å²) in [5.74, 6) is 1.50. The fourth-order valence-corrected chi connectivity index (χ4v) is 3.67. The van der Waals surface area contributed by atoms with E-state index in [4.69, 9.17) is 15.2 Å². The normalized spacial score (nSPS) is 16.8. The number of likely N-dealkylation sites (tertiary alicyclic amines) is 1. The smallest absolute Gasteiger partial charge is 0.265 e. The first-order valence-electron chi connectivity index (χ1n) is 7.61. The SMILES string of the molecule is Cl.NC1CCN(C(=O)c2cnc(-c3ccc4c(c3)OCO4)s2)CC1. The largest absolute Gasteiger partial charge is 0.454 e. The van der Waals surface area contributed by atoms with Gasteiger partial charge in [0.15, 0.2) is 11.5 Å². The molecule has 128 valence electrons. The molecule has 4 rings (SSSR count). The minimum absolute atomic E-state index is 0. The second-order valence-electron chi connectivity index (χ2n) is 5.73. The van der Waals surface area contributed by atoms with Crippen molar-refractivity contribution in [3.8, 4) is 22.1 Å². The van der Waals surface area contributed by atoms with Crippen LogP contribution in [0.5, 0.6) is 11.5 Å². The molecule has 1 saturated heterocycles. The predicted molar refractivity (Wildman–Crippen MR) is 94.0 cm³/mol. The Hall–Kier alpha value is -1.83. The predicted octanol–water partition coefficient (Wildman–Crippen LogP) is 2.52. The number of hydrogen-bond donors (Lipinski definition) is 1. The number of nitrogens with zero attached hydrogens (tertiary/aromatic N) is 2. The van der Waals surface area contributed by atoms with Crippen LogP contribution in [0.25, 0.3) is 10.6 Å². The molecule has 0 aliphatic carbocycles. The Bertz CT molecular complexity index is 744. The summed E-state index contributed by atoms with van der Waals surface area (Å²) in [6.45, 7) is 1.69. The number of halogens is 1. The Kier molecular flexibility index (Phi) is 4.93. The van der Waals surface area contributed by atoms with Crippen LogP contribution < -0.4 is 15.2 Å². The number of benzene rings is 1. The van der Waals surface area contributed by atoms with Gasteiger partial charge in [-0.1, -0.05) is 0 Å². The molecule has 0 atom stereocenters. The van der Waals surface area contributed by atoms with E-state index in [9.17, 15) is 4.79 Å². The van der Waals surface area contributed by atoms with Crippen LogP contribution in [-0.4, -0.2) is 41.7 Å². The Morgan fingerprint density at radius 2 is 2.00 bits per heavy atom. The van der Waals surface area contributed by atoms with Gasteiger partial charge in [-0.25, -0.2) is 4.98 Å². The topological polar surface area (TPSA) is 77.7 Å². The number of thiazole rings is 1. The van der Waals surface area contributed by atoms with Gasteiger partial charge in [-0.3, -0.25) is 4.79 Å². The van der Waals surface area contributed by atoms with Crippen LogP contribution in [0.2, 0.25) is 0 Å². The number of nitrogens with two attached hydrogens (primary N) is 1. The van der Waals surface area contributed by atoms with Crippen molar-refractivity contribution in [2.75, 3.05) is 19.9 Å². The van der Waals surface area contributed by atoms with Gasteiger partial charge in [0, 0.05) is 24.7 Å². The van der Waals surface area contributed by atoms with E-state index in [0.29, 0.717) is 4.88 Å². The highest BCUT2D eigenvalue weighted by Crippen LogP contribution is 2.37. The van der Waals surface area contributed by atoms with Crippen LogP contribution in [-0.2, 0) is 0 Å². The molecule has 0 saturated carbocycles. The Morgan fingerprint density at radius 3 is 2.79 bits per heavy atom. The van der Waals surface area contributed by atoms with Gasteiger partial charge in [0.25, 0.3) is 5.91 Å². The van der Waals surface area contributed by atoms with Gasteiger partial charge in [0.1, 0.15) is 9.88 Å². The number of fused-ring (bicyclic) bond motifs is 1. The summed E-state index contributed by atoms with van der Waals surface area (Å²) in [4.78, 5) is 19.5. The molecule has 1 fully saturated rings. The molecule has 1 aromatic carbocycles. The van der Waals surface area contributed by atoms with E-state index in [0.717, 1.165) is 48.0 Å². The van der Waals surface area contributed by atoms with Gasteiger partial charge in [-0.05, 0) is 31.0 Å². The van der Waals surface area contributed by atoms with E-state index >= 15 is 0 Å². The average molecular weight is 368 g/mol. The van der Waals surface area contributed by atoms with Crippen molar-refractivity contribution in [3.63, 3.8) is 0 Å². The molecule has 2 N–H and O–H groups in total. The summed E-state index contributed by atoms with van der Waals surface area (Å²) in [5, 5.41) is 0.806. The second kappa shape index (κ2) is 6.96. The third-order valence-electron chi connectivity index (χ3n) is 4.16. The van der Waals surface area contributed by atoms with Crippen LogP contribution in [0.3, 0.4) is 0 Å². The van der Waals surface area contributed by atoms with Crippen LogP contribution in [0.4, 0.5) is 0 Å². The van der Waals surface area contributed by atoms with E-state index < -0.39 is 0 Å². The van der Waals surface area contributed by atoms with Gasteiger partial charge in [0.05, 0.1) is 6.20 Å². The Balaban J connectivity index is 0.00000169. The number of aromatic nitrogens is 1. The van der Waals surface area contributed by atoms with Crippen molar-refractivity contribution in [1.29, 1.82) is 0 Å². The maximum Gasteiger partial charge on any atom is 0.265 e. The number of ether oxygens (including phenoxy) is 2. The summed E-state index contributed by atoms with van der Waals surface area (Å²) in [7, 11) is 0. The first kappa shape index (κ1) is 17.0. The molecule has 6 nitrogen and oxygen atoms in total. The third kappa shape index (κ3) is 3.19. The van der Waals surface area contributed by atoms with E-state index in [1.807, 2.05) is 23.1 Å². The fourth-order valence-electron chi connectivity index (χ4n) is 2.79. The second-order valence-corrected chi connectivity index (χ2v) is 6.76. The Labute approximate surface area is 150 Å². The van der Waals surface area contributed by atoms with E-state index in [1.54, 1.807) is 6.20 Å². The number of carbonyl (C=O) groups is 1.